The van der Waals surface area contributed by atoms with Crippen LogP contribution in [-0.4, -0.2) is 49.8 Å². The topological polar surface area (TPSA) is 146 Å². The van der Waals surface area contributed by atoms with E-state index in [0.29, 0.717) is 0 Å². The normalized spacial score (nSPS) is 48.0. The highest BCUT2D eigenvalue weighted by Crippen LogP contribution is 2.85. The van der Waals surface area contributed by atoms with E-state index in [4.69, 9.17) is 0 Å². The Kier molecular flexibility index (Phi) is 2.43. The SMILES string of the molecule is CC1=C(O)C(=O)[C@@H]2[C@@]3(O)C(=O)C(O)=C(C)[C@]24CC(=O)C(=O)[C@]42CC(=O)C[C@@]123. The third kappa shape index (κ3) is 1.08. The molecule has 0 heterocycles. The first-order valence-electron chi connectivity index (χ1n) is 8.68. The number of ketones is 5. The monoisotopic (exact) mass is 372 g/mol. The molecule has 27 heavy (non-hydrogen) atoms. The van der Waals surface area contributed by atoms with Crippen LogP contribution < -0.4 is 0 Å². The highest BCUT2D eigenvalue weighted by Gasteiger charge is 2.95. The molecule has 5 atom stereocenters. The fraction of sp³-hybridized carbons (Fsp3) is 0.526. The zero-order chi connectivity index (χ0) is 19.9. The minimum atomic E-state index is -2.56. The lowest BCUT2D eigenvalue weighted by Gasteiger charge is -2.48. The standard InChI is InChI=1S/C19H16O8/c1-6-11(23)15(26)19(27)13-12(24)10(22)7(2)17(19)3-8(20)4-18(17)14(25)9(21)5-16(6,13)18/h13,22-23,27H,3-5H2,1-2H3/t13-,16+,17+,18+,19+/m0/s1. The molecule has 3 saturated carbocycles. The Morgan fingerprint density at radius 3 is 2.04 bits per heavy atom. The quantitative estimate of drug-likeness (QED) is 0.505. The second-order valence-corrected chi connectivity index (χ2v) is 8.44. The molecule has 8 heteroatoms. The fourth-order valence-electron chi connectivity index (χ4n) is 7.34. The van der Waals surface area contributed by atoms with Gasteiger partial charge < -0.3 is 15.3 Å². The minimum Gasteiger partial charge on any atom is -0.504 e. The summed E-state index contributed by atoms with van der Waals surface area (Å²) in [6, 6.07) is 0. The van der Waals surface area contributed by atoms with Crippen molar-refractivity contribution >= 4 is 28.9 Å². The number of aliphatic hydroxyl groups excluding tert-OH is 2. The molecule has 5 aliphatic rings. The number of aliphatic hydroxyl groups is 3. The largest absolute Gasteiger partial charge is 0.504 e. The van der Waals surface area contributed by atoms with Crippen LogP contribution in [0.5, 0.6) is 0 Å². The van der Waals surface area contributed by atoms with Crippen LogP contribution in [0, 0.1) is 22.2 Å². The number of hydrogen-bond acceptors (Lipinski definition) is 8. The van der Waals surface area contributed by atoms with Crippen molar-refractivity contribution in [3.8, 4) is 0 Å². The molecule has 0 unspecified atom stereocenters. The van der Waals surface area contributed by atoms with Crippen LogP contribution in [0.4, 0.5) is 0 Å². The zero-order valence-electron chi connectivity index (χ0n) is 14.6. The van der Waals surface area contributed by atoms with Crippen LogP contribution in [0.25, 0.3) is 0 Å². The molecule has 3 spiro atoms. The van der Waals surface area contributed by atoms with Crippen molar-refractivity contribution in [1.29, 1.82) is 0 Å². The summed E-state index contributed by atoms with van der Waals surface area (Å²) in [5.41, 5.74) is -8.24. The lowest BCUT2D eigenvalue weighted by Crippen LogP contribution is -2.64. The lowest BCUT2D eigenvalue weighted by atomic mass is 9.54. The van der Waals surface area contributed by atoms with E-state index in [9.17, 15) is 39.3 Å². The first-order valence-corrected chi connectivity index (χ1v) is 8.68. The van der Waals surface area contributed by atoms with E-state index in [1.54, 1.807) is 0 Å². The van der Waals surface area contributed by atoms with Gasteiger partial charge in [-0.05, 0) is 25.0 Å². The molecule has 3 fully saturated rings. The van der Waals surface area contributed by atoms with Crippen LogP contribution >= 0.6 is 0 Å². The highest BCUT2D eigenvalue weighted by atomic mass is 16.3. The molecule has 0 aromatic carbocycles. The van der Waals surface area contributed by atoms with Crippen LogP contribution in [0.3, 0.4) is 0 Å². The van der Waals surface area contributed by atoms with Crippen molar-refractivity contribution in [3.63, 3.8) is 0 Å². The summed E-state index contributed by atoms with van der Waals surface area (Å²) in [5.74, 6) is -7.30. The van der Waals surface area contributed by atoms with Gasteiger partial charge in [0.15, 0.2) is 22.9 Å². The zero-order valence-corrected chi connectivity index (χ0v) is 14.6. The van der Waals surface area contributed by atoms with Gasteiger partial charge in [0.2, 0.25) is 17.3 Å². The molecule has 4 bridgehead atoms. The Bertz CT molecular complexity index is 1030. The molecule has 0 saturated heterocycles. The van der Waals surface area contributed by atoms with Crippen molar-refractivity contribution in [2.24, 2.45) is 22.2 Å². The van der Waals surface area contributed by atoms with E-state index in [-0.39, 0.29) is 11.1 Å². The van der Waals surface area contributed by atoms with Crippen LogP contribution in [0.2, 0.25) is 0 Å². The van der Waals surface area contributed by atoms with Gasteiger partial charge >= 0.3 is 0 Å². The maximum absolute atomic E-state index is 13.2. The summed E-state index contributed by atoms with van der Waals surface area (Å²) in [6.45, 7) is 2.64. The van der Waals surface area contributed by atoms with Gasteiger partial charge in [0, 0.05) is 24.7 Å². The van der Waals surface area contributed by atoms with E-state index in [0.717, 1.165) is 0 Å². The first kappa shape index (κ1) is 16.6. The average Bonchev–Trinajstić information content (AvgIpc) is 3.09. The van der Waals surface area contributed by atoms with Crippen LogP contribution in [-0.2, 0) is 24.0 Å². The minimum absolute atomic E-state index is 0.0474. The van der Waals surface area contributed by atoms with Crippen LogP contribution in [0.1, 0.15) is 33.1 Å². The number of rotatable bonds is 0. The van der Waals surface area contributed by atoms with Crippen molar-refractivity contribution < 1.29 is 39.3 Å². The van der Waals surface area contributed by atoms with Crippen molar-refractivity contribution in [1.82, 2.24) is 0 Å². The molecular formula is C19H16O8. The summed E-state index contributed by atoms with van der Waals surface area (Å²) < 4.78 is 0. The Hall–Kier alpha value is -2.61. The predicted molar refractivity (Wildman–Crippen MR) is 85.3 cm³/mol. The van der Waals surface area contributed by atoms with Gasteiger partial charge in [0.1, 0.15) is 5.78 Å². The second kappa shape index (κ2) is 3.96. The van der Waals surface area contributed by atoms with E-state index in [2.05, 4.69) is 0 Å². The summed E-state index contributed by atoms with van der Waals surface area (Å²) in [7, 11) is 0. The number of carbonyl (C=O) groups excluding carboxylic acids is 5. The van der Waals surface area contributed by atoms with Crippen molar-refractivity contribution in [2.75, 3.05) is 0 Å². The Balaban J connectivity index is 2.09. The maximum atomic E-state index is 13.2. The lowest BCUT2D eigenvalue weighted by molar-refractivity contribution is -0.169. The first-order chi connectivity index (χ1) is 12.5. The Morgan fingerprint density at radius 1 is 0.815 bits per heavy atom. The Labute approximate surface area is 152 Å². The summed E-state index contributed by atoms with van der Waals surface area (Å²) >= 11 is 0. The number of Topliss-reactive ketones (excluding diaryl/α,β-unsaturated/α-hetero) is 5. The number of allylic oxidation sites excluding steroid dienone is 2. The second-order valence-electron chi connectivity index (χ2n) is 8.44. The number of hydrogen-bond donors (Lipinski definition) is 3. The van der Waals surface area contributed by atoms with Gasteiger partial charge in [0.05, 0.1) is 16.7 Å². The molecule has 140 valence electrons. The fourth-order valence-corrected chi connectivity index (χ4v) is 7.34. The van der Waals surface area contributed by atoms with Crippen LogP contribution in [0.15, 0.2) is 22.7 Å². The summed E-state index contributed by atoms with van der Waals surface area (Å²) in [6.07, 6.45) is -1.38. The van der Waals surface area contributed by atoms with Gasteiger partial charge in [-0.2, -0.15) is 0 Å². The molecule has 5 aliphatic carbocycles. The van der Waals surface area contributed by atoms with E-state index >= 15 is 0 Å². The van der Waals surface area contributed by atoms with Gasteiger partial charge in [-0.15, -0.1) is 0 Å². The maximum Gasteiger partial charge on any atom is 0.230 e. The molecular weight excluding hydrogens is 356 g/mol. The third-order valence-electron chi connectivity index (χ3n) is 8.13. The van der Waals surface area contributed by atoms with Gasteiger partial charge in [-0.3, -0.25) is 24.0 Å². The molecule has 5 rings (SSSR count). The Morgan fingerprint density at radius 2 is 1.41 bits per heavy atom. The van der Waals surface area contributed by atoms with Gasteiger partial charge in [0.25, 0.3) is 0 Å². The molecule has 3 N–H and O–H groups in total. The molecule has 0 aromatic rings. The molecule has 0 amide bonds. The average molecular weight is 372 g/mol. The molecule has 0 aromatic heterocycles. The third-order valence-corrected chi connectivity index (χ3v) is 8.13. The van der Waals surface area contributed by atoms with Crippen molar-refractivity contribution in [2.45, 2.75) is 38.7 Å². The number of carbonyl (C=O) groups is 5. The summed E-state index contributed by atoms with van der Waals surface area (Å²) in [5, 5.41) is 32.6. The van der Waals surface area contributed by atoms with E-state index < -0.39 is 87.5 Å². The smallest absolute Gasteiger partial charge is 0.230 e. The summed E-state index contributed by atoms with van der Waals surface area (Å²) in [4.78, 5) is 64.5. The van der Waals surface area contributed by atoms with Gasteiger partial charge in [-0.25, -0.2) is 0 Å². The predicted octanol–water partition coefficient (Wildman–Crippen LogP) is 0.0407. The molecule has 0 aliphatic heterocycles. The van der Waals surface area contributed by atoms with E-state index in [1.807, 2.05) is 0 Å². The van der Waals surface area contributed by atoms with E-state index in [1.165, 1.54) is 13.8 Å². The highest BCUT2D eigenvalue weighted by molar-refractivity contribution is 6.44. The molecule has 0 radical (unpaired) electrons. The molecule has 8 nitrogen and oxygen atoms in total. The van der Waals surface area contributed by atoms with Gasteiger partial charge in [-0.1, -0.05) is 0 Å². The van der Waals surface area contributed by atoms with Crippen molar-refractivity contribution in [3.05, 3.63) is 22.7 Å².